The summed E-state index contributed by atoms with van der Waals surface area (Å²) in [7, 11) is 0. The van der Waals surface area contributed by atoms with Crippen molar-refractivity contribution in [2.45, 2.75) is 33.4 Å². The van der Waals surface area contributed by atoms with Crippen LogP contribution in [0.25, 0.3) is 0 Å². The van der Waals surface area contributed by atoms with E-state index in [4.69, 9.17) is 0 Å². The predicted octanol–water partition coefficient (Wildman–Crippen LogP) is 0.508. The molecule has 2 aromatic rings. The number of Topliss-reactive ketones (excluding diaryl/α,β-unsaturated/α-hetero) is 1. The molecule has 0 bridgehead atoms. The molecule has 0 unspecified atom stereocenters. The second kappa shape index (κ2) is 9.13. The van der Waals surface area contributed by atoms with Crippen LogP contribution in [0.3, 0.4) is 0 Å². The van der Waals surface area contributed by atoms with Crippen molar-refractivity contribution < 1.29 is 19.4 Å². The van der Waals surface area contributed by atoms with E-state index in [9.17, 15) is 9.59 Å². The molecule has 148 valence electrons. The highest BCUT2D eigenvalue weighted by atomic mass is 16.1. The summed E-state index contributed by atoms with van der Waals surface area (Å²) in [5.41, 5.74) is 4.13. The molecule has 1 aliphatic heterocycles. The minimum absolute atomic E-state index is 0.0489. The quantitative estimate of drug-likeness (QED) is 0.639. The van der Waals surface area contributed by atoms with Gasteiger partial charge in [0.05, 0.1) is 0 Å². The number of aryl methyl sites for hydroxylation is 1. The Bertz CT molecular complexity index is 824. The van der Waals surface area contributed by atoms with Crippen molar-refractivity contribution in [1.82, 2.24) is 0 Å². The fourth-order valence-corrected chi connectivity index (χ4v) is 4.00. The molecule has 3 rings (SSSR count). The lowest BCUT2D eigenvalue weighted by Gasteiger charge is -2.32. The fourth-order valence-electron chi connectivity index (χ4n) is 4.00. The van der Waals surface area contributed by atoms with E-state index in [1.165, 1.54) is 23.0 Å². The number of piperazine rings is 1. The molecule has 3 N–H and O–H groups in total. The molecule has 0 saturated carbocycles. The van der Waals surface area contributed by atoms with Crippen molar-refractivity contribution >= 4 is 17.4 Å². The van der Waals surface area contributed by atoms with E-state index in [0.717, 1.165) is 38.4 Å². The maximum absolute atomic E-state index is 12.9. The van der Waals surface area contributed by atoms with Gasteiger partial charge in [-0.1, -0.05) is 29.8 Å². The van der Waals surface area contributed by atoms with Crippen molar-refractivity contribution in [3.8, 4) is 0 Å². The minimum atomic E-state index is -0.108. The summed E-state index contributed by atoms with van der Waals surface area (Å²) in [6.07, 6.45) is 0. The first-order valence-corrected chi connectivity index (χ1v) is 10.1. The first-order valence-electron chi connectivity index (χ1n) is 10.1. The van der Waals surface area contributed by atoms with Gasteiger partial charge in [-0.25, -0.2) is 0 Å². The summed E-state index contributed by atoms with van der Waals surface area (Å²) in [6, 6.07) is 15.9. The zero-order chi connectivity index (χ0) is 20.1. The first-order chi connectivity index (χ1) is 13.4. The average molecular weight is 382 g/mol. The monoisotopic (exact) mass is 381 g/mol. The van der Waals surface area contributed by atoms with Gasteiger partial charge in [0.1, 0.15) is 38.8 Å². The van der Waals surface area contributed by atoms with Crippen molar-refractivity contribution in [1.29, 1.82) is 0 Å². The van der Waals surface area contributed by atoms with Gasteiger partial charge in [0.25, 0.3) is 0 Å². The lowest BCUT2D eigenvalue weighted by atomic mass is 10.0. The van der Waals surface area contributed by atoms with Crippen LogP contribution < -0.4 is 15.1 Å². The van der Waals surface area contributed by atoms with Gasteiger partial charge in [-0.3, -0.25) is 9.59 Å². The zero-order valence-corrected chi connectivity index (χ0v) is 17.0. The van der Waals surface area contributed by atoms with Crippen LogP contribution in [0.5, 0.6) is 0 Å². The Labute approximate surface area is 167 Å². The van der Waals surface area contributed by atoms with Crippen LogP contribution >= 0.6 is 0 Å². The molecule has 1 aliphatic rings. The Kier molecular flexibility index (Phi) is 6.60. The van der Waals surface area contributed by atoms with Crippen LogP contribution in [0.4, 0.5) is 5.69 Å². The van der Waals surface area contributed by atoms with E-state index in [1.807, 2.05) is 19.1 Å². The summed E-state index contributed by atoms with van der Waals surface area (Å²) in [5.74, 6) is 0.0643. The topological polar surface area (TPSA) is 55.0 Å². The fraction of sp³-hybridized carbons (Fsp3) is 0.391. The van der Waals surface area contributed by atoms with Crippen LogP contribution in [0.15, 0.2) is 48.5 Å². The lowest BCUT2D eigenvalue weighted by molar-refractivity contribution is -1.02. The van der Waals surface area contributed by atoms with Gasteiger partial charge in [-0.2, -0.15) is 0 Å². The molecule has 2 aromatic carbocycles. The predicted molar refractivity (Wildman–Crippen MR) is 111 cm³/mol. The number of nitrogens with one attached hydrogen (secondary N) is 3. The second-order valence-electron chi connectivity index (χ2n) is 7.92. The number of carbonyl (C=O) groups is 2. The number of benzene rings is 2. The van der Waals surface area contributed by atoms with Gasteiger partial charge >= 0.3 is 0 Å². The summed E-state index contributed by atoms with van der Waals surface area (Å²) in [6.45, 7) is 10.9. The molecule has 28 heavy (non-hydrogen) atoms. The number of ketones is 1. The highest BCUT2D eigenvalue weighted by Gasteiger charge is 2.31. The van der Waals surface area contributed by atoms with Crippen molar-refractivity contribution in [2.75, 3.05) is 31.5 Å². The van der Waals surface area contributed by atoms with Gasteiger partial charge in [-0.15, -0.1) is 0 Å². The van der Waals surface area contributed by atoms with Crippen molar-refractivity contribution in [2.24, 2.45) is 0 Å². The van der Waals surface area contributed by atoms with Crippen LogP contribution in [0.1, 0.15) is 35.3 Å². The highest BCUT2D eigenvalue weighted by Crippen LogP contribution is 2.11. The Morgan fingerprint density at radius 1 is 1.04 bits per heavy atom. The highest BCUT2D eigenvalue weighted by molar-refractivity contribution is 5.99. The Hall–Kier alpha value is -2.50. The van der Waals surface area contributed by atoms with E-state index in [0.29, 0.717) is 5.56 Å². The molecule has 1 heterocycles. The smallest absolute Gasteiger partial charge is 0.221 e. The molecule has 1 atom stereocenters. The van der Waals surface area contributed by atoms with Gasteiger partial charge in [0.2, 0.25) is 11.7 Å². The molecular weight excluding hydrogens is 350 g/mol. The Balaban J connectivity index is 1.53. The van der Waals surface area contributed by atoms with E-state index < -0.39 is 0 Å². The van der Waals surface area contributed by atoms with E-state index >= 15 is 0 Å². The molecule has 0 spiro atoms. The second-order valence-corrected chi connectivity index (χ2v) is 7.92. The third-order valence-corrected chi connectivity index (χ3v) is 5.63. The Morgan fingerprint density at radius 3 is 2.32 bits per heavy atom. The first kappa shape index (κ1) is 20.2. The molecule has 5 nitrogen and oxygen atoms in total. The maximum atomic E-state index is 12.9. The normalized spacial score (nSPS) is 20.4. The van der Waals surface area contributed by atoms with Crippen LogP contribution in [-0.4, -0.2) is 43.9 Å². The zero-order valence-electron chi connectivity index (χ0n) is 17.0. The molecule has 0 aromatic heterocycles. The SMILES string of the molecule is CC(=O)Nc1ccc(C(=O)[C@@H](C)[NH+]2CC[NH+](Cc3cccc(C)c3)CC2)cc1. The third-order valence-electron chi connectivity index (χ3n) is 5.63. The van der Waals surface area contributed by atoms with Crippen molar-refractivity contribution in [3.63, 3.8) is 0 Å². The Morgan fingerprint density at radius 2 is 1.71 bits per heavy atom. The van der Waals surface area contributed by atoms with Gasteiger partial charge in [-0.05, 0) is 38.1 Å². The molecule has 0 radical (unpaired) electrons. The van der Waals surface area contributed by atoms with Gasteiger partial charge < -0.3 is 15.1 Å². The van der Waals surface area contributed by atoms with Gasteiger partial charge in [0, 0.05) is 23.7 Å². The van der Waals surface area contributed by atoms with Crippen molar-refractivity contribution in [3.05, 3.63) is 65.2 Å². The minimum Gasteiger partial charge on any atom is -0.326 e. The largest absolute Gasteiger partial charge is 0.326 e. The van der Waals surface area contributed by atoms with E-state index in [-0.39, 0.29) is 17.7 Å². The third kappa shape index (κ3) is 5.27. The van der Waals surface area contributed by atoms with Crippen LogP contribution in [0.2, 0.25) is 0 Å². The number of hydrogen-bond acceptors (Lipinski definition) is 2. The van der Waals surface area contributed by atoms with E-state index in [1.54, 1.807) is 17.0 Å². The van der Waals surface area contributed by atoms with E-state index in [2.05, 4.69) is 36.5 Å². The molecule has 1 amide bonds. The lowest BCUT2D eigenvalue weighted by Crippen LogP contribution is -3.29. The van der Waals surface area contributed by atoms with Gasteiger partial charge in [0.15, 0.2) is 0 Å². The van der Waals surface area contributed by atoms with Crippen LogP contribution in [-0.2, 0) is 11.3 Å². The number of amides is 1. The molecule has 1 fully saturated rings. The standard InChI is InChI=1S/C23H29N3O2/c1-17-5-4-6-20(15-17)16-25-11-13-26(14-12-25)18(2)23(28)21-7-9-22(10-8-21)24-19(3)27/h4-10,15,18H,11-14,16H2,1-3H3,(H,24,27)/p+2/t18-/m1/s1. The average Bonchev–Trinajstić information content (AvgIpc) is 2.68. The summed E-state index contributed by atoms with van der Waals surface area (Å²) in [5, 5.41) is 2.73. The number of anilines is 1. The summed E-state index contributed by atoms with van der Waals surface area (Å²) in [4.78, 5) is 27.0. The number of rotatable bonds is 6. The van der Waals surface area contributed by atoms with Crippen LogP contribution in [0, 0.1) is 6.92 Å². The number of hydrogen-bond donors (Lipinski definition) is 3. The molecular formula is C23H31N3O2+2. The molecule has 5 heteroatoms. The number of quaternary nitrogens is 2. The summed E-state index contributed by atoms with van der Waals surface area (Å²) < 4.78 is 0. The number of carbonyl (C=O) groups excluding carboxylic acids is 2. The maximum Gasteiger partial charge on any atom is 0.221 e. The molecule has 1 saturated heterocycles. The summed E-state index contributed by atoms with van der Waals surface area (Å²) >= 11 is 0. The molecule has 0 aliphatic carbocycles.